The fourth-order valence-corrected chi connectivity index (χ4v) is 4.02. The Balaban J connectivity index is 1.65. The van der Waals surface area contributed by atoms with E-state index in [9.17, 15) is 19.5 Å². The van der Waals surface area contributed by atoms with Crippen LogP contribution in [0.2, 0.25) is 0 Å². The van der Waals surface area contributed by atoms with Crippen molar-refractivity contribution in [2.24, 2.45) is 5.92 Å². The van der Waals surface area contributed by atoms with Crippen molar-refractivity contribution in [3.05, 3.63) is 35.4 Å². The topological polar surface area (TPSA) is 95.9 Å². The first-order chi connectivity index (χ1) is 13.4. The number of carbonyl (C=O) groups is 3. The summed E-state index contributed by atoms with van der Waals surface area (Å²) in [4.78, 5) is 38.7. The molecule has 152 valence electrons. The summed E-state index contributed by atoms with van der Waals surface area (Å²) in [6, 6.07) is 7.43. The fourth-order valence-electron chi connectivity index (χ4n) is 4.02. The summed E-state index contributed by atoms with van der Waals surface area (Å²) in [7, 11) is 0. The second-order valence-corrected chi connectivity index (χ2v) is 7.91. The Morgan fingerprint density at radius 2 is 1.89 bits per heavy atom. The number of piperidine rings is 1. The van der Waals surface area contributed by atoms with Crippen LogP contribution in [0.4, 0.5) is 0 Å². The van der Waals surface area contributed by atoms with E-state index in [4.69, 9.17) is 4.74 Å². The van der Waals surface area contributed by atoms with E-state index in [-0.39, 0.29) is 24.2 Å². The van der Waals surface area contributed by atoms with Gasteiger partial charge in [0.1, 0.15) is 0 Å². The summed E-state index contributed by atoms with van der Waals surface area (Å²) in [5, 5.41) is 12.3. The molecule has 0 spiro atoms. The van der Waals surface area contributed by atoms with Crippen LogP contribution in [0.25, 0.3) is 0 Å². The van der Waals surface area contributed by atoms with Gasteiger partial charge < -0.3 is 20.1 Å². The summed E-state index contributed by atoms with van der Waals surface area (Å²) in [5.41, 5.74) is 0.954. The van der Waals surface area contributed by atoms with Gasteiger partial charge in [0.05, 0.1) is 17.9 Å². The molecule has 2 N–H and O–H groups in total. The SMILES string of the molecule is Cc1ccc(C(=O)N2CCCC(C(=O)NC3(CC(=O)O)CCOCC3)C2)cc1. The molecule has 7 heteroatoms. The van der Waals surface area contributed by atoms with E-state index >= 15 is 0 Å². The molecule has 1 aromatic rings. The molecule has 1 aromatic carbocycles. The van der Waals surface area contributed by atoms with Gasteiger partial charge in [0.15, 0.2) is 0 Å². The Bertz CT molecular complexity index is 725. The lowest BCUT2D eigenvalue weighted by atomic mass is 9.85. The minimum atomic E-state index is -0.929. The summed E-state index contributed by atoms with van der Waals surface area (Å²) < 4.78 is 5.34. The molecular weight excluding hydrogens is 360 g/mol. The lowest BCUT2D eigenvalue weighted by Crippen LogP contribution is -2.56. The van der Waals surface area contributed by atoms with Gasteiger partial charge in [-0.25, -0.2) is 0 Å². The third-order valence-electron chi connectivity index (χ3n) is 5.71. The maximum absolute atomic E-state index is 12.9. The lowest BCUT2D eigenvalue weighted by Gasteiger charge is -2.39. The second kappa shape index (κ2) is 8.73. The first-order valence-corrected chi connectivity index (χ1v) is 9.86. The molecule has 2 heterocycles. The van der Waals surface area contributed by atoms with E-state index in [1.807, 2.05) is 31.2 Å². The highest BCUT2D eigenvalue weighted by molar-refractivity contribution is 5.94. The molecule has 0 saturated carbocycles. The molecule has 2 fully saturated rings. The molecule has 0 radical (unpaired) electrons. The van der Waals surface area contributed by atoms with Crippen LogP contribution in [0.1, 0.15) is 48.0 Å². The molecule has 2 aliphatic rings. The maximum Gasteiger partial charge on any atom is 0.305 e. The summed E-state index contributed by atoms with van der Waals surface area (Å²) in [5.74, 6) is -1.48. The Morgan fingerprint density at radius 1 is 1.21 bits per heavy atom. The van der Waals surface area contributed by atoms with Gasteiger partial charge in [0, 0.05) is 31.9 Å². The predicted octanol–water partition coefficient (Wildman–Crippen LogP) is 1.99. The molecule has 0 aromatic heterocycles. The zero-order chi connectivity index (χ0) is 20.1. The fraction of sp³-hybridized carbons (Fsp3) is 0.571. The van der Waals surface area contributed by atoms with E-state index in [0.29, 0.717) is 51.1 Å². The highest BCUT2D eigenvalue weighted by atomic mass is 16.5. The van der Waals surface area contributed by atoms with Crippen LogP contribution in [0.15, 0.2) is 24.3 Å². The highest BCUT2D eigenvalue weighted by Crippen LogP contribution is 2.27. The van der Waals surface area contributed by atoms with Gasteiger partial charge in [-0.05, 0) is 44.7 Å². The number of hydrogen-bond acceptors (Lipinski definition) is 4. The summed E-state index contributed by atoms with van der Waals surface area (Å²) in [6.07, 6.45) is 2.32. The van der Waals surface area contributed by atoms with Crippen LogP contribution in [0.5, 0.6) is 0 Å². The quantitative estimate of drug-likeness (QED) is 0.804. The molecular formula is C21H28N2O5. The van der Waals surface area contributed by atoms with Crippen molar-refractivity contribution < 1.29 is 24.2 Å². The molecule has 2 saturated heterocycles. The van der Waals surface area contributed by atoms with Gasteiger partial charge in [0.25, 0.3) is 5.91 Å². The highest BCUT2D eigenvalue weighted by Gasteiger charge is 2.39. The van der Waals surface area contributed by atoms with Crippen molar-refractivity contribution >= 4 is 17.8 Å². The third-order valence-corrected chi connectivity index (χ3v) is 5.71. The van der Waals surface area contributed by atoms with Crippen molar-refractivity contribution in [1.29, 1.82) is 0 Å². The molecule has 0 bridgehead atoms. The monoisotopic (exact) mass is 388 g/mol. The van der Waals surface area contributed by atoms with Crippen molar-refractivity contribution in [2.75, 3.05) is 26.3 Å². The van der Waals surface area contributed by atoms with Crippen molar-refractivity contribution in [3.63, 3.8) is 0 Å². The molecule has 2 aliphatic heterocycles. The van der Waals surface area contributed by atoms with Gasteiger partial charge >= 0.3 is 5.97 Å². The van der Waals surface area contributed by atoms with Crippen LogP contribution in [0, 0.1) is 12.8 Å². The standard InChI is InChI=1S/C21H28N2O5/c1-15-4-6-16(7-5-15)20(27)23-10-2-3-17(14-23)19(26)22-21(13-18(24)25)8-11-28-12-9-21/h4-7,17H,2-3,8-14H2,1H3,(H,22,26)(H,24,25). The smallest absolute Gasteiger partial charge is 0.305 e. The number of rotatable bonds is 5. The molecule has 28 heavy (non-hydrogen) atoms. The number of ether oxygens (including phenoxy) is 1. The number of aliphatic carboxylic acids is 1. The maximum atomic E-state index is 12.9. The number of carboxylic acids is 1. The zero-order valence-electron chi connectivity index (χ0n) is 16.3. The third kappa shape index (κ3) is 4.90. The molecule has 0 aliphatic carbocycles. The van der Waals surface area contributed by atoms with Crippen molar-refractivity contribution in [1.82, 2.24) is 10.2 Å². The van der Waals surface area contributed by atoms with Crippen LogP contribution < -0.4 is 5.32 Å². The number of nitrogens with zero attached hydrogens (tertiary/aromatic N) is 1. The van der Waals surface area contributed by atoms with Crippen LogP contribution >= 0.6 is 0 Å². The number of amides is 2. The number of aryl methyl sites for hydroxylation is 1. The van der Waals surface area contributed by atoms with Gasteiger partial charge in [-0.15, -0.1) is 0 Å². The molecule has 3 rings (SSSR count). The minimum Gasteiger partial charge on any atom is -0.481 e. The average molecular weight is 388 g/mol. The van der Waals surface area contributed by atoms with E-state index < -0.39 is 11.5 Å². The molecule has 7 nitrogen and oxygen atoms in total. The van der Waals surface area contributed by atoms with E-state index in [0.717, 1.165) is 12.0 Å². The van der Waals surface area contributed by atoms with Gasteiger partial charge in [-0.2, -0.15) is 0 Å². The largest absolute Gasteiger partial charge is 0.481 e. The van der Waals surface area contributed by atoms with E-state index in [2.05, 4.69) is 5.32 Å². The van der Waals surface area contributed by atoms with Gasteiger partial charge in [0.2, 0.25) is 5.91 Å². The van der Waals surface area contributed by atoms with Gasteiger partial charge in [-0.3, -0.25) is 14.4 Å². The van der Waals surface area contributed by atoms with Crippen molar-refractivity contribution in [2.45, 2.75) is 44.6 Å². The van der Waals surface area contributed by atoms with Crippen molar-refractivity contribution in [3.8, 4) is 0 Å². The number of carboxylic acid groups (broad SMARTS) is 1. The van der Waals surface area contributed by atoms with Crippen LogP contribution in [-0.2, 0) is 14.3 Å². The summed E-state index contributed by atoms with van der Waals surface area (Å²) in [6.45, 7) is 3.84. The number of benzene rings is 1. The minimum absolute atomic E-state index is 0.0659. The van der Waals surface area contributed by atoms with E-state index in [1.54, 1.807) is 4.90 Å². The molecule has 1 atom stereocenters. The first kappa shape index (κ1) is 20.3. The Kier molecular flexibility index (Phi) is 6.34. The molecule has 2 amide bonds. The predicted molar refractivity (Wildman–Crippen MR) is 103 cm³/mol. The first-order valence-electron chi connectivity index (χ1n) is 9.86. The Hall–Kier alpha value is -2.41. The second-order valence-electron chi connectivity index (χ2n) is 7.91. The molecule has 1 unspecified atom stereocenters. The van der Waals surface area contributed by atoms with Crippen LogP contribution in [0.3, 0.4) is 0 Å². The summed E-state index contributed by atoms with van der Waals surface area (Å²) >= 11 is 0. The number of nitrogens with one attached hydrogen (secondary N) is 1. The van der Waals surface area contributed by atoms with E-state index in [1.165, 1.54) is 0 Å². The normalized spacial score (nSPS) is 21.8. The Morgan fingerprint density at radius 3 is 2.54 bits per heavy atom. The lowest BCUT2D eigenvalue weighted by molar-refractivity contribution is -0.141. The van der Waals surface area contributed by atoms with Gasteiger partial charge in [-0.1, -0.05) is 17.7 Å². The number of hydrogen-bond donors (Lipinski definition) is 2. The Labute approximate surface area is 165 Å². The number of likely N-dealkylation sites (tertiary alicyclic amines) is 1. The number of carbonyl (C=O) groups excluding carboxylic acids is 2. The zero-order valence-corrected chi connectivity index (χ0v) is 16.3. The average Bonchev–Trinajstić information content (AvgIpc) is 2.68. The van der Waals surface area contributed by atoms with Crippen LogP contribution in [-0.4, -0.2) is 59.6 Å².